The van der Waals surface area contributed by atoms with E-state index in [4.69, 9.17) is 0 Å². The summed E-state index contributed by atoms with van der Waals surface area (Å²) in [5.41, 5.74) is 3.21. The number of benzene rings is 3. The molecule has 3 aromatic carbocycles. The molecule has 1 atom stereocenters. The molecule has 0 radical (unpaired) electrons. The van der Waals surface area contributed by atoms with Crippen molar-refractivity contribution in [1.82, 2.24) is 25.2 Å². The number of para-hydroxylation sites is 1. The third kappa shape index (κ3) is 6.12. The summed E-state index contributed by atoms with van der Waals surface area (Å²) >= 11 is 0. The first-order valence-electron chi connectivity index (χ1n) is 12.0. The molecule has 0 saturated heterocycles. The molecule has 7 nitrogen and oxygen atoms in total. The highest BCUT2D eigenvalue weighted by atomic mass is 16.2. The monoisotopic (exact) mass is 469 g/mol. The van der Waals surface area contributed by atoms with Crippen molar-refractivity contribution in [1.29, 1.82) is 0 Å². The first kappa shape index (κ1) is 24.1. The Hall–Kier alpha value is -4.00. The summed E-state index contributed by atoms with van der Waals surface area (Å²) in [5, 5.41) is 11.4. The number of hydrogen-bond acceptors (Lipinski definition) is 4. The molecule has 0 aliphatic rings. The van der Waals surface area contributed by atoms with E-state index < -0.39 is 6.04 Å². The summed E-state index contributed by atoms with van der Waals surface area (Å²) in [6.45, 7) is 5.07. The SMILES string of the molecule is CC(C)CCNC(=O)[C@@H](c1ccccc1)N(Cc1ccccc1)C(=O)Cn1nnc2ccccc21. The predicted molar refractivity (Wildman–Crippen MR) is 136 cm³/mol. The van der Waals surface area contributed by atoms with E-state index in [9.17, 15) is 9.59 Å². The Morgan fingerprint density at radius 1 is 0.914 bits per heavy atom. The molecule has 0 unspecified atom stereocenters. The van der Waals surface area contributed by atoms with Gasteiger partial charge in [-0.05, 0) is 35.6 Å². The van der Waals surface area contributed by atoms with Crippen LogP contribution in [0.5, 0.6) is 0 Å². The molecule has 4 aromatic rings. The van der Waals surface area contributed by atoms with Crippen LogP contribution in [-0.4, -0.2) is 38.3 Å². The first-order chi connectivity index (χ1) is 17.0. The van der Waals surface area contributed by atoms with Gasteiger partial charge in [-0.2, -0.15) is 0 Å². The number of nitrogens with zero attached hydrogens (tertiary/aromatic N) is 4. The van der Waals surface area contributed by atoms with Gasteiger partial charge in [-0.1, -0.05) is 91.9 Å². The van der Waals surface area contributed by atoms with Crippen molar-refractivity contribution < 1.29 is 9.59 Å². The summed E-state index contributed by atoms with van der Waals surface area (Å²) in [4.78, 5) is 29.0. The van der Waals surface area contributed by atoms with Crippen molar-refractivity contribution in [3.05, 3.63) is 96.1 Å². The lowest BCUT2D eigenvalue weighted by Crippen LogP contribution is -2.45. The van der Waals surface area contributed by atoms with Crippen molar-refractivity contribution in [3.8, 4) is 0 Å². The maximum atomic E-state index is 13.8. The predicted octanol–water partition coefficient (Wildman–Crippen LogP) is 4.36. The Morgan fingerprint density at radius 3 is 2.29 bits per heavy atom. The van der Waals surface area contributed by atoms with Gasteiger partial charge in [-0.15, -0.1) is 5.10 Å². The van der Waals surface area contributed by atoms with Crippen LogP contribution < -0.4 is 5.32 Å². The summed E-state index contributed by atoms with van der Waals surface area (Å²) in [7, 11) is 0. The minimum atomic E-state index is -0.772. The van der Waals surface area contributed by atoms with E-state index in [0.717, 1.165) is 28.6 Å². The lowest BCUT2D eigenvalue weighted by atomic mass is 10.0. The lowest BCUT2D eigenvalue weighted by Gasteiger charge is -2.31. The topological polar surface area (TPSA) is 80.1 Å². The minimum Gasteiger partial charge on any atom is -0.354 e. The van der Waals surface area contributed by atoms with E-state index in [-0.39, 0.29) is 18.4 Å². The number of carbonyl (C=O) groups is 2. The van der Waals surface area contributed by atoms with Crippen LogP contribution in [0.1, 0.15) is 37.4 Å². The summed E-state index contributed by atoms with van der Waals surface area (Å²) < 4.78 is 1.59. The fourth-order valence-electron chi connectivity index (χ4n) is 4.05. The van der Waals surface area contributed by atoms with E-state index in [0.29, 0.717) is 19.0 Å². The fraction of sp³-hybridized carbons (Fsp3) is 0.286. The van der Waals surface area contributed by atoms with Gasteiger partial charge in [0.25, 0.3) is 0 Å². The van der Waals surface area contributed by atoms with Gasteiger partial charge >= 0.3 is 0 Å². The Balaban J connectivity index is 1.68. The van der Waals surface area contributed by atoms with Crippen molar-refractivity contribution in [2.75, 3.05) is 6.54 Å². The fourth-order valence-corrected chi connectivity index (χ4v) is 4.05. The highest BCUT2D eigenvalue weighted by Crippen LogP contribution is 2.25. The van der Waals surface area contributed by atoms with E-state index in [2.05, 4.69) is 29.5 Å². The molecule has 1 aromatic heterocycles. The van der Waals surface area contributed by atoms with Crippen LogP contribution in [-0.2, 0) is 22.7 Å². The molecule has 1 N–H and O–H groups in total. The van der Waals surface area contributed by atoms with Crippen molar-refractivity contribution in [2.45, 2.75) is 39.4 Å². The normalized spacial score (nSPS) is 12.0. The van der Waals surface area contributed by atoms with Crippen molar-refractivity contribution >= 4 is 22.8 Å². The molecular weight excluding hydrogens is 438 g/mol. The largest absolute Gasteiger partial charge is 0.354 e. The summed E-state index contributed by atoms with van der Waals surface area (Å²) in [5.74, 6) is 0.0649. The van der Waals surface area contributed by atoms with Crippen molar-refractivity contribution in [3.63, 3.8) is 0 Å². The molecule has 0 saturated carbocycles. The molecule has 0 bridgehead atoms. The molecule has 0 aliphatic carbocycles. The van der Waals surface area contributed by atoms with Crippen LogP contribution in [0.2, 0.25) is 0 Å². The van der Waals surface area contributed by atoms with Gasteiger partial charge in [0.2, 0.25) is 11.8 Å². The van der Waals surface area contributed by atoms with Gasteiger partial charge in [0.05, 0.1) is 5.52 Å². The highest BCUT2D eigenvalue weighted by molar-refractivity contribution is 5.89. The van der Waals surface area contributed by atoms with E-state index >= 15 is 0 Å². The zero-order valence-electron chi connectivity index (χ0n) is 20.2. The number of rotatable bonds is 10. The van der Waals surface area contributed by atoms with Gasteiger partial charge in [0, 0.05) is 13.1 Å². The first-order valence-corrected chi connectivity index (χ1v) is 12.0. The molecule has 2 amide bonds. The van der Waals surface area contributed by atoms with Crippen LogP contribution in [0.4, 0.5) is 0 Å². The Kier molecular flexibility index (Phi) is 7.88. The molecular formula is C28H31N5O2. The molecule has 0 aliphatic heterocycles. The highest BCUT2D eigenvalue weighted by Gasteiger charge is 2.32. The maximum absolute atomic E-state index is 13.8. The molecule has 35 heavy (non-hydrogen) atoms. The van der Waals surface area contributed by atoms with E-state index in [1.807, 2.05) is 84.9 Å². The molecule has 0 spiro atoms. The number of carbonyl (C=O) groups excluding carboxylic acids is 2. The molecule has 1 heterocycles. The van der Waals surface area contributed by atoms with Gasteiger partial charge in [-0.25, -0.2) is 4.68 Å². The van der Waals surface area contributed by atoms with Crippen LogP contribution in [0.25, 0.3) is 11.0 Å². The third-order valence-corrected chi connectivity index (χ3v) is 5.92. The second-order valence-corrected chi connectivity index (χ2v) is 9.03. The maximum Gasteiger partial charge on any atom is 0.247 e. The van der Waals surface area contributed by atoms with Crippen LogP contribution >= 0.6 is 0 Å². The van der Waals surface area contributed by atoms with Crippen molar-refractivity contribution in [2.24, 2.45) is 5.92 Å². The van der Waals surface area contributed by atoms with Gasteiger partial charge < -0.3 is 10.2 Å². The lowest BCUT2D eigenvalue weighted by molar-refractivity contribution is -0.142. The quantitative estimate of drug-likeness (QED) is 0.374. The molecule has 4 rings (SSSR count). The van der Waals surface area contributed by atoms with Gasteiger partial charge in [-0.3, -0.25) is 9.59 Å². The number of aromatic nitrogens is 3. The summed E-state index contributed by atoms with van der Waals surface area (Å²) in [6, 6.07) is 25.9. The Morgan fingerprint density at radius 2 is 1.57 bits per heavy atom. The summed E-state index contributed by atoms with van der Waals surface area (Å²) in [6.07, 6.45) is 0.866. The van der Waals surface area contributed by atoms with Crippen LogP contribution in [0.3, 0.4) is 0 Å². The molecule has 0 fully saturated rings. The second-order valence-electron chi connectivity index (χ2n) is 9.03. The Bertz CT molecular complexity index is 1250. The third-order valence-electron chi connectivity index (χ3n) is 5.92. The second kappa shape index (κ2) is 11.4. The number of amides is 2. The van der Waals surface area contributed by atoms with E-state index in [1.54, 1.807) is 9.58 Å². The molecule has 180 valence electrons. The zero-order chi connectivity index (χ0) is 24.6. The van der Waals surface area contributed by atoms with Gasteiger partial charge in [0.1, 0.15) is 18.1 Å². The molecule has 7 heteroatoms. The van der Waals surface area contributed by atoms with E-state index in [1.165, 1.54) is 0 Å². The smallest absolute Gasteiger partial charge is 0.247 e. The average molecular weight is 470 g/mol. The Labute approximate surface area is 205 Å². The number of nitrogens with one attached hydrogen (secondary N) is 1. The minimum absolute atomic E-state index is 0.0179. The zero-order valence-corrected chi connectivity index (χ0v) is 20.2. The van der Waals surface area contributed by atoms with Gasteiger partial charge in [0.15, 0.2) is 0 Å². The number of fused-ring (bicyclic) bond motifs is 1. The average Bonchev–Trinajstić information content (AvgIpc) is 3.27. The standard InChI is InChI=1S/C28H31N5O2/c1-21(2)17-18-29-28(35)27(23-13-7-4-8-14-23)32(19-22-11-5-3-6-12-22)26(34)20-33-25-16-10-9-15-24(25)30-31-33/h3-16,21,27H,17-20H2,1-2H3,(H,29,35)/t27-/m1/s1. The number of hydrogen-bond donors (Lipinski definition) is 1. The van der Waals surface area contributed by atoms with Crippen LogP contribution in [0.15, 0.2) is 84.9 Å². The van der Waals surface area contributed by atoms with Crippen LogP contribution in [0, 0.1) is 5.92 Å².